The van der Waals surface area contributed by atoms with Gasteiger partial charge in [-0.1, -0.05) is 12.1 Å². The van der Waals surface area contributed by atoms with Crippen molar-refractivity contribution in [1.82, 2.24) is 14.6 Å². The molecule has 10 heteroatoms. The van der Waals surface area contributed by atoms with Gasteiger partial charge in [0, 0.05) is 12.7 Å². The first kappa shape index (κ1) is 23.4. The Balaban J connectivity index is 2.02. The number of fused-ring (bicyclic) bond motifs is 1. The van der Waals surface area contributed by atoms with Gasteiger partial charge in [0.1, 0.15) is 5.75 Å². The van der Waals surface area contributed by atoms with Crippen molar-refractivity contribution >= 4 is 5.65 Å². The molecular weight excluding hydrogens is 451 g/mol. The molecule has 34 heavy (non-hydrogen) atoms. The largest absolute Gasteiger partial charge is 0.497 e. The minimum atomic E-state index is -4.68. The Kier molecular flexibility index (Phi) is 6.34. The van der Waals surface area contributed by atoms with Gasteiger partial charge in [-0.3, -0.25) is 0 Å². The predicted octanol–water partition coefficient (Wildman–Crippen LogP) is 5.25. The van der Waals surface area contributed by atoms with E-state index in [-0.39, 0.29) is 17.9 Å². The van der Waals surface area contributed by atoms with Crippen LogP contribution in [0.4, 0.5) is 13.2 Å². The smallest absolute Gasteiger partial charge is 0.433 e. The summed E-state index contributed by atoms with van der Waals surface area (Å²) >= 11 is 0. The Morgan fingerprint density at radius 3 is 2.09 bits per heavy atom. The third-order valence-electron chi connectivity index (χ3n) is 5.29. The lowest BCUT2D eigenvalue weighted by Crippen LogP contribution is -2.14. The first-order chi connectivity index (χ1) is 16.3. The molecule has 0 bridgehead atoms. The SMILES string of the molecule is COCc1nn2c(C(F)(F)F)cc(-c3ccc(OC)c(OC)c3)nc2c1-c1ccc(OC)cc1. The zero-order valence-corrected chi connectivity index (χ0v) is 18.9. The van der Waals surface area contributed by atoms with Gasteiger partial charge in [-0.25, -0.2) is 9.50 Å². The second-order valence-electron chi connectivity index (χ2n) is 7.31. The fraction of sp³-hybridized carbons (Fsp3) is 0.250. The van der Waals surface area contributed by atoms with E-state index in [1.54, 1.807) is 42.5 Å². The molecule has 0 fully saturated rings. The molecule has 0 radical (unpaired) electrons. The van der Waals surface area contributed by atoms with Gasteiger partial charge in [0.25, 0.3) is 0 Å². The highest BCUT2D eigenvalue weighted by Gasteiger charge is 2.36. The molecule has 0 spiro atoms. The topological polar surface area (TPSA) is 67.1 Å². The number of alkyl halides is 3. The van der Waals surface area contributed by atoms with E-state index in [9.17, 15) is 13.2 Å². The van der Waals surface area contributed by atoms with Crippen LogP contribution in [0.15, 0.2) is 48.5 Å². The second-order valence-corrected chi connectivity index (χ2v) is 7.31. The van der Waals surface area contributed by atoms with E-state index < -0.39 is 11.9 Å². The fourth-order valence-corrected chi connectivity index (χ4v) is 3.70. The number of benzene rings is 2. The molecule has 0 unspecified atom stereocenters. The van der Waals surface area contributed by atoms with Crippen LogP contribution in [-0.2, 0) is 17.5 Å². The van der Waals surface area contributed by atoms with Crippen LogP contribution >= 0.6 is 0 Å². The Labute approximate surface area is 193 Å². The summed E-state index contributed by atoms with van der Waals surface area (Å²) in [5.41, 5.74) is 1.04. The van der Waals surface area contributed by atoms with E-state index in [2.05, 4.69) is 10.1 Å². The summed E-state index contributed by atoms with van der Waals surface area (Å²) in [5.74, 6) is 1.44. The second kappa shape index (κ2) is 9.22. The molecule has 0 saturated heterocycles. The first-order valence-electron chi connectivity index (χ1n) is 10.2. The molecular formula is C24H22F3N3O4. The quantitative estimate of drug-likeness (QED) is 0.365. The van der Waals surface area contributed by atoms with Crippen LogP contribution in [0.1, 0.15) is 11.4 Å². The van der Waals surface area contributed by atoms with Gasteiger partial charge >= 0.3 is 6.18 Å². The Morgan fingerprint density at radius 2 is 1.50 bits per heavy atom. The van der Waals surface area contributed by atoms with Gasteiger partial charge in [-0.2, -0.15) is 18.3 Å². The molecule has 0 aliphatic heterocycles. The lowest BCUT2D eigenvalue weighted by atomic mass is 10.0. The van der Waals surface area contributed by atoms with Crippen molar-refractivity contribution < 1.29 is 32.1 Å². The van der Waals surface area contributed by atoms with Crippen LogP contribution in [0.3, 0.4) is 0 Å². The first-order valence-corrected chi connectivity index (χ1v) is 10.2. The molecule has 2 aromatic carbocycles. The Bertz CT molecular complexity index is 1320. The fourth-order valence-electron chi connectivity index (χ4n) is 3.70. The lowest BCUT2D eigenvalue weighted by molar-refractivity contribution is -0.142. The van der Waals surface area contributed by atoms with Crippen LogP contribution in [0.5, 0.6) is 17.2 Å². The van der Waals surface area contributed by atoms with Gasteiger partial charge in [0.15, 0.2) is 22.8 Å². The number of aromatic nitrogens is 3. The van der Waals surface area contributed by atoms with Crippen LogP contribution < -0.4 is 14.2 Å². The zero-order valence-electron chi connectivity index (χ0n) is 18.9. The average Bonchev–Trinajstić information content (AvgIpc) is 3.20. The van der Waals surface area contributed by atoms with Gasteiger partial charge in [-0.05, 0) is 42.0 Å². The van der Waals surface area contributed by atoms with Crippen molar-refractivity contribution in [2.24, 2.45) is 0 Å². The average molecular weight is 473 g/mol. The van der Waals surface area contributed by atoms with E-state index >= 15 is 0 Å². The molecule has 7 nitrogen and oxygen atoms in total. The molecule has 0 saturated carbocycles. The highest BCUT2D eigenvalue weighted by Crippen LogP contribution is 2.38. The number of hydrogen-bond donors (Lipinski definition) is 0. The maximum atomic E-state index is 14.1. The summed E-state index contributed by atoms with van der Waals surface area (Å²) in [6.07, 6.45) is -4.68. The van der Waals surface area contributed by atoms with Crippen molar-refractivity contribution in [1.29, 1.82) is 0 Å². The monoisotopic (exact) mass is 473 g/mol. The molecule has 2 aromatic heterocycles. The molecule has 2 heterocycles. The van der Waals surface area contributed by atoms with Crippen molar-refractivity contribution in [3.05, 3.63) is 59.9 Å². The summed E-state index contributed by atoms with van der Waals surface area (Å²) < 4.78 is 64.2. The van der Waals surface area contributed by atoms with Crippen molar-refractivity contribution in [3.63, 3.8) is 0 Å². The number of rotatable bonds is 7. The molecule has 0 amide bonds. The van der Waals surface area contributed by atoms with E-state index in [4.69, 9.17) is 18.9 Å². The molecule has 0 N–H and O–H groups in total. The Morgan fingerprint density at radius 1 is 0.824 bits per heavy atom. The number of methoxy groups -OCH3 is 4. The minimum Gasteiger partial charge on any atom is -0.497 e. The maximum Gasteiger partial charge on any atom is 0.433 e. The van der Waals surface area contributed by atoms with Crippen molar-refractivity contribution in [2.45, 2.75) is 12.8 Å². The number of nitrogens with zero attached hydrogens (tertiary/aromatic N) is 3. The van der Waals surface area contributed by atoms with Crippen LogP contribution in [0.2, 0.25) is 0 Å². The summed E-state index contributed by atoms with van der Waals surface area (Å²) in [4.78, 5) is 4.59. The van der Waals surface area contributed by atoms with E-state index in [1.807, 2.05) is 0 Å². The zero-order chi connectivity index (χ0) is 24.5. The third kappa shape index (κ3) is 4.24. The molecule has 4 rings (SSSR count). The van der Waals surface area contributed by atoms with Crippen molar-refractivity contribution in [3.8, 4) is 39.6 Å². The van der Waals surface area contributed by atoms with Crippen LogP contribution in [0, 0.1) is 0 Å². The van der Waals surface area contributed by atoms with Gasteiger partial charge < -0.3 is 18.9 Å². The summed E-state index contributed by atoms with van der Waals surface area (Å²) in [6.45, 7) is 0.00765. The van der Waals surface area contributed by atoms with E-state index in [1.165, 1.54) is 28.4 Å². The molecule has 0 aliphatic carbocycles. The summed E-state index contributed by atoms with van der Waals surface area (Å²) in [5, 5.41) is 4.22. The Hall–Kier alpha value is -3.79. The van der Waals surface area contributed by atoms with Crippen molar-refractivity contribution in [2.75, 3.05) is 28.4 Å². The lowest BCUT2D eigenvalue weighted by Gasteiger charge is -2.13. The number of hydrogen-bond acceptors (Lipinski definition) is 6. The standard InChI is InChI=1S/C24H22F3N3O4/c1-31-13-18-22(14-5-8-16(32-2)9-6-14)23-28-17(12-21(24(25,26)27)30(23)29-18)15-7-10-19(33-3)20(11-15)34-4/h5-12H,13H2,1-4H3. The predicted molar refractivity (Wildman–Crippen MR) is 119 cm³/mol. The summed E-state index contributed by atoms with van der Waals surface area (Å²) in [6, 6.07) is 12.7. The maximum absolute atomic E-state index is 14.1. The number of halogens is 3. The van der Waals surface area contributed by atoms with Gasteiger partial charge in [0.05, 0.1) is 44.9 Å². The number of ether oxygens (including phenoxy) is 4. The van der Waals surface area contributed by atoms with Gasteiger partial charge in [0.2, 0.25) is 0 Å². The molecule has 0 aliphatic rings. The minimum absolute atomic E-state index is 0.00765. The molecule has 178 valence electrons. The van der Waals surface area contributed by atoms with E-state index in [0.717, 1.165) is 10.6 Å². The highest BCUT2D eigenvalue weighted by atomic mass is 19.4. The van der Waals surface area contributed by atoms with E-state index in [0.29, 0.717) is 39.6 Å². The normalized spacial score (nSPS) is 11.6. The summed E-state index contributed by atoms with van der Waals surface area (Å²) in [7, 11) is 5.92. The molecule has 4 aromatic rings. The third-order valence-corrected chi connectivity index (χ3v) is 5.29. The molecule has 0 atom stereocenters. The highest BCUT2D eigenvalue weighted by molar-refractivity contribution is 5.82. The van der Waals surface area contributed by atoms with Gasteiger partial charge in [-0.15, -0.1) is 0 Å². The van der Waals surface area contributed by atoms with Crippen LogP contribution in [-0.4, -0.2) is 43.0 Å². The van der Waals surface area contributed by atoms with Crippen LogP contribution in [0.25, 0.3) is 28.0 Å².